The van der Waals surface area contributed by atoms with Gasteiger partial charge in [0.05, 0.1) is 11.6 Å². The van der Waals surface area contributed by atoms with E-state index >= 15 is 0 Å². The molecule has 2 aromatic rings. The maximum atomic E-state index is 13.4. The summed E-state index contributed by atoms with van der Waals surface area (Å²) in [5.74, 6) is -1.51. The molecule has 1 atom stereocenters. The molecule has 0 spiro atoms. The van der Waals surface area contributed by atoms with E-state index in [1.165, 1.54) is 19.1 Å². The summed E-state index contributed by atoms with van der Waals surface area (Å²) in [4.78, 5) is 11.5. The molecule has 2 rings (SSSR count). The third-order valence-electron chi connectivity index (χ3n) is 3.75. The van der Waals surface area contributed by atoms with Gasteiger partial charge in [0.2, 0.25) is 0 Å². The number of hydrogen-bond acceptors (Lipinski definition) is 2. The van der Waals surface area contributed by atoms with E-state index in [-0.39, 0.29) is 18.1 Å². The van der Waals surface area contributed by atoms with Crippen molar-refractivity contribution >= 4 is 5.78 Å². The first-order chi connectivity index (χ1) is 11.0. The quantitative estimate of drug-likeness (QED) is 0.786. The van der Waals surface area contributed by atoms with Gasteiger partial charge >= 0.3 is 0 Å². The first-order valence-electron chi connectivity index (χ1n) is 7.42. The minimum atomic E-state index is -0.632. The average Bonchev–Trinajstić information content (AvgIpc) is 2.50. The van der Waals surface area contributed by atoms with Crippen LogP contribution in [0.1, 0.15) is 42.4 Å². The molecule has 2 aromatic carbocycles. The second-order valence-corrected chi connectivity index (χ2v) is 5.65. The summed E-state index contributed by atoms with van der Waals surface area (Å²) < 4.78 is 26.8. The largest absolute Gasteiger partial charge is 0.300 e. The number of ketones is 1. The number of carbonyl (C=O) groups is 1. The van der Waals surface area contributed by atoms with Crippen LogP contribution in [0.5, 0.6) is 0 Å². The number of aryl methyl sites for hydroxylation is 1. The number of Topliss-reactive ketones (excluding diaryl/α,β-unsaturated/α-hetero) is 1. The lowest BCUT2D eigenvalue weighted by Crippen LogP contribution is -2.07. The maximum Gasteiger partial charge on any atom is 0.130 e. The van der Waals surface area contributed by atoms with Crippen LogP contribution in [0.3, 0.4) is 0 Å². The van der Waals surface area contributed by atoms with E-state index in [4.69, 9.17) is 5.26 Å². The number of nitrogens with zero attached hydrogens (tertiary/aromatic N) is 1. The van der Waals surface area contributed by atoms with Crippen LogP contribution in [0.25, 0.3) is 0 Å². The molecule has 4 heteroatoms. The van der Waals surface area contributed by atoms with Gasteiger partial charge in [-0.3, -0.25) is 0 Å². The maximum absolute atomic E-state index is 13.4. The molecule has 0 N–H and O–H groups in total. The van der Waals surface area contributed by atoms with Crippen molar-refractivity contribution in [3.05, 3.63) is 70.8 Å². The van der Waals surface area contributed by atoms with E-state index in [1.807, 2.05) is 12.1 Å². The van der Waals surface area contributed by atoms with E-state index < -0.39 is 11.6 Å². The van der Waals surface area contributed by atoms with Gasteiger partial charge in [0, 0.05) is 12.5 Å². The lowest BCUT2D eigenvalue weighted by Gasteiger charge is -2.16. The predicted octanol–water partition coefficient (Wildman–Crippen LogP) is 4.53. The van der Waals surface area contributed by atoms with Crippen molar-refractivity contribution < 1.29 is 13.6 Å². The second kappa shape index (κ2) is 7.64. The summed E-state index contributed by atoms with van der Waals surface area (Å²) >= 11 is 0. The normalized spacial score (nSPS) is 11.7. The Kier molecular flexibility index (Phi) is 5.59. The van der Waals surface area contributed by atoms with Gasteiger partial charge in [-0.1, -0.05) is 12.1 Å². The van der Waals surface area contributed by atoms with Gasteiger partial charge in [0.25, 0.3) is 0 Å². The van der Waals surface area contributed by atoms with Crippen molar-refractivity contribution in [3.8, 4) is 6.07 Å². The molecule has 2 nitrogen and oxygen atoms in total. The molecule has 0 saturated carbocycles. The predicted molar refractivity (Wildman–Crippen MR) is 83.9 cm³/mol. The molecule has 0 aliphatic heterocycles. The highest BCUT2D eigenvalue weighted by molar-refractivity contribution is 5.76. The molecular weight excluding hydrogens is 296 g/mol. The number of carbonyl (C=O) groups excluding carboxylic acids is 1. The van der Waals surface area contributed by atoms with Crippen LogP contribution in [0.15, 0.2) is 42.5 Å². The lowest BCUT2D eigenvalue weighted by molar-refractivity contribution is -0.117. The van der Waals surface area contributed by atoms with Crippen molar-refractivity contribution in [2.24, 2.45) is 0 Å². The van der Waals surface area contributed by atoms with Gasteiger partial charge in [-0.15, -0.1) is 0 Å². The Hall–Kier alpha value is -2.54. The zero-order valence-corrected chi connectivity index (χ0v) is 12.9. The molecule has 0 aliphatic carbocycles. The Morgan fingerprint density at radius 1 is 1.13 bits per heavy atom. The molecule has 0 fully saturated rings. The zero-order valence-electron chi connectivity index (χ0n) is 12.9. The monoisotopic (exact) mass is 313 g/mol. The van der Waals surface area contributed by atoms with Crippen LogP contribution in [-0.4, -0.2) is 5.78 Å². The summed E-state index contributed by atoms with van der Waals surface area (Å²) in [7, 11) is 0. The van der Waals surface area contributed by atoms with Crippen molar-refractivity contribution in [2.75, 3.05) is 0 Å². The van der Waals surface area contributed by atoms with Gasteiger partial charge in [-0.2, -0.15) is 5.26 Å². The van der Waals surface area contributed by atoms with Crippen LogP contribution < -0.4 is 0 Å². The SMILES string of the molecule is CC(=O)C[C@H](CCc1ccc(C#N)cc1)c1cc(F)cc(F)c1. The Balaban J connectivity index is 2.14. The smallest absolute Gasteiger partial charge is 0.130 e. The topological polar surface area (TPSA) is 40.9 Å². The van der Waals surface area contributed by atoms with Gasteiger partial charge in [-0.05, 0) is 61.1 Å². The molecular formula is C19H17F2NO. The van der Waals surface area contributed by atoms with E-state index in [9.17, 15) is 13.6 Å². The Morgan fingerprint density at radius 3 is 2.26 bits per heavy atom. The van der Waals surface area contributed by atoms with Crippen LogP contribution in [-0.2, 0) is 11.2 Å². The molecule has 0 saturated heterocycles. The van der Waals surface area contributed by atoms with E-state index in [0.717, 1.165) is 11.6 Å². The summed E-state index contributed by atoms with van der Waals surface area (Å²) in [6, 6.07) is 12.6. The van der Waals surface area contributed by atoms with Gasteiger partial charge in [-0.25, -0.2) is 8.78 Å². The number of rotatable bonds is 6. The molecule has 118 valence electrons. The second-order valence-electron chi connectivity index (χ2n) is 5.65. The molecule has 0 bridgehead atoms. The minimum Gasteiger partial charge on any atom is -0.300 e. The molecule has 0 unspecified atom stereocenters. The Morgan fingerprint density at radius 2 is 1.74 bits per heavy atom. The van der Waals surface area contributed by atoms with Gasteiger partial charge < -0.3 is 4.79 Å². The number of halogens is 2. The molecule has 23 heavy (non-hydrogen) atoms. The summed E-state index contributed by atoms with van der Waals surface area (Å²) in [6.45, 7) is 1.48. The molecule has 0 radical (unpaired) electrons. The van der Waals surface area contributed by atoms with E-state index in [0.29, 0.717) is 24.0 Å². The molecule has 0 aromatic heterocycles. The number of hydrogen-bond donors (Lipinski definition) is 0. The van der Waals surface area contributed by atoms with E-state index in [2.05, 4.69) is 6.07 Å². The Bertz CT molecular complexity index is 712. The van der Waals surface area contributed by atoms with Crippen LogP contribution in [0, 0.1) is 23.0 Å². The third kappa shape index (κ3) is 5.00. The third-order valence-corrected chi connectivity index (χ3v) is 3.75. The molecule has 0 amide bonds. The highest BCUT2D eigenvalue weighted by Gasteiger charge is 2.16. The highest BCUT2D eigenvalue weighted by Crippen LogP contribution is 2.27. The van der Waals surface area contributed by atoms with Gasteiger partial charge in [0.15, 0.2) is 0 Å². The zero-order chi connectivity index (χ0) is 16.8. The fourth-order valence-corrected chi connectivity index (χ4v) is 2.63. The van der Waals surface area contributed by atoms with Gasteiger partial charge in [0.1, 0.15) is 17.4 Å². The van der Waals surface area contributed by atoms with Crippen molar-refractivity contribution in [3.63, 3.8) is 0 Å². The fourth-order valence-electron chi connectivity index (χ4n) is 2.63. The lowest BCUT2D eigenvalue weighted by atomic mass is 9.88. The number of nitriles is 1. The standard InChI is InChI=1S/C19H17F2NO/c1-13(23)8-16(17-9-18(20)11-19(21)10-17)7-6-14-2-4-15(12-22)5-3-14/h2-5,9-11,16H,6-8H2,1H3/t16-/m0/s1. The first-order valence-corrected chi connectivity index (χ1v) is 7.42. The fraction of sp³-hybridized carbons (Fsp3) is 0.263. The van der Waals surface area contributed by atoms with Crippen LogP contribution in [0.4, 0.5) is 8.78 Å². The summed E-state index contributed by atoms with van der Waals surface area (Å²) in [6.07, 6.45) is 1.52. The van der Waals surface area contributed by atoms with E-state index in [1.54, 1.807) is 12.1 Å². The summed E-state index contributed by atoms with van der Waals surface area (Å²) in [5, 5.41) is 8.79. The van der Waals surface area contributed by atoms with Crippen LogP contribution in [0.2, 0.25) is 0 Å². The number of benzene rings is 2. The average molecular weight is 313 g/mol. The molecule has 0 heterocycles. The highest BCUT2D eigenvalue weighted by atomic mass is 19.1. The van der Waals surface area contributed by atoms with Crippen LogP contribution >= 0.6 is 0 Å². The molecule has 0 aliphatic rings. The summed E-state index contributed by atoms with van der Waals surface area (Å²) in [5.41, 5.74) is 2.11. The van der Waals surface area contributed by atoms with Crippen molar-refractivity contribution in [1.82, 2.24) is 0 Å². The minimum absolute atomic E-state index is 0.0144. The first kappa shape index (κ1) is 16.8. The van der Waals surface area contributed by atoms with Crippen molar-refractivity contribution in [1.29, 1.82) is 5.26 Å². The Labute approximate surface area is 134 Å². The van der Waals surface area contributed by atoms with Crippen molar-refractivity contribution in [2.45, 2.75) is 32.1 Å².